The van der Waals surface area contributed by atoms with Crippen LogP contribution in [0, 0.1) is 0 Å². The molecule has 3 aromatic rings. The molecule has 1 N–H and O–H groups in total. The summed E-state index contributed by atoms with van der Waals surface area (Å²) in [5, 5.41) is 2.70. The number of amides is 1. The van der Waals surface area contributed by atoms with Crippen LogP contribution in [0.25, 0.3) is 11.2 Å². The van der Waals surface area contributed by atoms with E-state index in [1.807, 2.05) is 30.3 Å². The van der Waals surface area contributed by atoms with Gasteiger partial charge in [0.1, 0.15) is 6.54 Å². The number of hydrogen-bond donors (Lipinski definition) is 1. The highest BCUT2D eigenvalue weighted by Gasteiger charge is 2.20. The van der Waals surface area contributed by atoms with Crippen molar-refractivity contribution in [3.63, 3.8) is 0 Å². The zero-order chi connectivity index (χ0) is 21.1. The summed E-state index contributed by atoms with van der Waals surface area (Å²) in [6.45, 7) is 1.46. The molecule has 1 atom stereocenters. The van der Waals surface area contributed by atoms with E-state index in [-0.39, 0.29) is 17.7 Å². The zero-order valence-corrected chi connectivity index (χ0v) is 16.3. The number of imidazole rings is 1. The van der Waals surface area contributed by atoms with Crippen molar-refractivity contribution < 1.29 is 14.3 Å². The van der Waals surface area contributed by atoms with E-state index in [2.05, 4.69) is 10.3 Å². The van der Waals surface area contributed by atoms with Gasteiger partial charge in [-0.05, 0) is 12.5 Å². The smallest absolute Gasteiger partial charge is 0.332 e. The van der Waals surface area contributed by atoms with Crippen molar-refractivity contribution in [2.45, 2.75) is 26.1 Å². The Balaban J connectivity index is 1.67. The number of benzene rings is 1. The summed E-state index contributed by atoms with van der Waals surface area (Å²) in [6, 6.07) is 9.34. The molecule has 152 valence electrons. The van der Waals surface area contributed by atoms with E-state index in [1.165, 1.54) is 36.5 Å². The number of nitrogens with one attached hydrogen (secondary N) is 1. The Morgan fingerprint density at radius 3 is 2.52 bits per heavy atom. The van der Waals surface area contributed by atoms with Crippen molar-refractivity contribution in [2.75, 3.05) is 0 Å². The maximum absolute atomic E-state index is 12.4. The summed E-state index contributed by atoms with van der Waals surface area (Å²) >= 11 is 0. The number of carbonyl (C=O) groups excluding carboxylic acids is 2. The Hall–Kier alpha value is -3.69. The number of aromatic nitrogens is 4. The van der Waals surface area contributed by atoms with Crippen molar-refractivity contribution in [1.82, 2.24) is 24.0 Å². The van der Waals surface area contributed by atoms with Crippen molar-refractivity contribution >= 4 is 23.0 Å². The van der Waals surface area contributed by atoms with Gasteiger partial charge in [0, 0.05) is 20.6 Å². The first-order chi connectivity index (χ1) is 13.8. The van der Waals surface area contributed by atoms with Gasteiger partial charge in [0.05, 0.1) is 6.33 Å². The monoisotopic (exact) mass is 399 g/mol. The van der Waals surface area contributed by atoms with Crippen LogP contribution in [0.3, 0.4) is 0 Å². The molecule has 0 saturated carbocycles. The van der Waals surface area contributed by atoms with Crippen molar-refractivity contribution in [3.05, 3.63) is 63.1 Å². The minimum Gasteiger partial charge on any atom is -0.451 e. The molecule has 0 unspecified atom stereocenters. The highest BCUT2D eigenvalue weighted by Crippen LogP contribution is 2.06. The molecule has 10 nitrogen and oxygen atoms in total. The number of aryl methyl sites for hydroxylation is 1. The number of nitrogens with zero attached hydrogens (tertiary/aromatic N) is 4. The molecule has 0 bridgehead atoms. The van der Waals surface area contributed by atoms with E-state index in [0.717, 1.165) is 10.1 Å². The van der Waals surface area contributed by atoms with E-state index in [4.69, 9.17) is 4.74 Å². The summed E-state index contributed by atoms with van der Waals surface area (Å²) in [5.41, 5.74) is 0.110. The normalized spacial score (nSPS) is 12.0. The molecular formula is C19H21N5O5. The molecule has 0 saturated heterocycles. The van der Waals surface area contributed by atoms with Crippen molar-refractivity contribution in [3.8, 4) is 0 Å². The summed E-state index contributed by atoms with van der Waals surface area (Å²) in [7, 11) is 2.83. The average molecular weight is 399 g/mol. The number of ether oxygens (including phenoxy) is 1. The van der Waals surface area contributed by atoms with Gasteiger partial charge in [-0.25, -0.2) is 9.78 Å². The van der Waals surface area contributed by atoms with Crippen LogP contribution in [0.5, 0.6) is 0 Å². The molecule has 0 aliphatic rings. The molecule has 0 radical (unpaired) electrons. The zero-order valence-electron chi connectivity index (χ0n) is 16.3. The van der Waals surface area contributed by atoms with Crippen LogP contribution in [0.4, 0.5) is 0 Å². The molecule has 0 fully saturated rings. The predicted molar refractivity (Wildman–Crippen MR) is 104 cm³/mol. The summed E-state index contributed by atoms with van der Waals surface area (Å²) < 4.78 is 8.63. The maximum Gasteiger partial charge on any atom is 0.332 e. The third-order valence-corrected chi connectivity index (χ3v) is 4.50. The lowest BCUT2D eigenvalue weighted by Gasteiger charge is -2.14. The molecule has 29 heavy (non-hydrogen) atoms. The van der Waals surface area contributed by atoms with Gasteiger partial charge in [-0.1, -0.05) is 30.3 Å². The Labute approximate surface area is 165 Å². The highest BCUT2D eigenvalue weighted by molar-refractivity contribution is 5.83. The van der Waals surface area contributed by atoms with Gasteiger partial charge in [0.2, 0.25) is 0 Å². The second-order valence-electron chi connectivity index (χ2n) is 6.59. The van der Waals surface area contributed by atoms with Crippen molar-refractivity contribution in [1.29, 1.82) is 0 Å². The molecule has 1 aromatic carbocycles. The number of hydrogen-bond acceptors (Lipinski definition) is 6. The first-order valence-corrected chi connectivity index (χ1v) is 8.91. The number of esters is 1. The maximum atomic E-state index is 12.4. The fourth-order valence-corrected chi connectivity index (χ4v) is 2.87. The largest absolute Gasteiger partial charge is 0.451 e. The molecule has 0 aliphatic carbocycles. The minimum atomic E-state index is -1.01. The molecule has 10 heteroatoms. The van der Waals surface area contributed by atoms with Gasteiger partial charge >= 0.3 is 11.7 Å². The SMILES string of the molecule is C[C@H](OC(=O)Cn1cnc2c1c(=O)n(C)c(=O)n2C)C(=O)NCc1ccccc1. The predicted octanol–water partition coefficient (Wildman–Crippen LogP) is -0.318. The molecule has 0 spiro atoms. The quantitative estimate of drug-likeness (QED) is 0.568. The molecule has 2 aromatic heterocycles. The second-order valence-corrected chi connectivity index (χ2v) is 6.59. The summed E-state index contributed by atoms with van der Waals surface area (Å²) in [4.78, 5) is 52.8. The van der Waals surface area contributed by atoms with Crippen LogP contribution in [-0.4, -0.2) is 36.7 Å². The van der Waals surface area contributed by atoms with E-state index >= 15 is 0 Å². The van der Waals surface area contributed by atoms with Crippen LogP contribution in [0.2, 0.25) is 0 Å². The van der Waals surface area contributed by atoms with Crippen LogP contribution in [-0.2, 0) is 41.5 Å². The number of fused-ring (bicyclic) bond motifs is 1. The lowest BCUT2D eigenvalue weighted by molar-refractivity contribution is -0.155. The van der Waals surface area contributed by atoms with Crippen LogP contribution in [0.1, 0.15) is 12.5 Å². The molecular weight excluding hydrogens is 378 g/mol. The van der Waals surface area contributed by atoms with Crippen LogP contribution < -0.4 is 16.6 Å². The standard InChI is InChI=1S/C19H21N5O5/c1-12(17(26)20-9-13-7-5-4-6-8-13)29-14(25)10-24-11-21-16-15(24)18(27)23(3)19(28)22(16)2/h4-8,11-12H,9-10H2,1-3H3,(H,20,26)/t12-/m0/s1. The first-order valence-electron chi connectivity index (χ1n) is 8.91. The Morgan fingerprint density at radius 1 is 1.14 bits per heavy atom. The molecule has 0 aliphatic heterocycles. The van der Waals surface area contributed by atoms with Gasteiger partial charge in [0.15, 0.2) is 17.3 Å². The fourth-order valence-electron chi connectivity index (χ4n) is 2.87. The first kappa shape index (κ1) is 20.1. The molecule has 3 rings (SSSR count). The lowest BCUT2D eigenvalue weighted by Crippen LogP contribution is -2.38. The molecule has 1 amide bonds. The third kappa shape index (κ3) is 4.10. The van der Waals surface area contributed by atoms with E-state index < -0.39 is 29.2 Å². The third-order valence-electron chi connectivity index (χ3n) is 4.50. The van der Waals surface area contributed by atoms with Crippen molar-refractivity contribution in [2.24, 2.45) is 14.1 Å². The van der Waals surface area contributed by atoms with Crippen LogP contribution in [0.15, 0.2) is 46.2 Å². The van der Waals surface area contributed by atoms with Gasteiger partial charge in [0.25, 0.3) is 11.5 Å². The minimum absolute atomic E-state index is 0.104. The topological polar surface area (TPSA) is 117 Å². The van der Waals surface area contributed by atoms with Gasteiger partial charge in [-0.3, -0.25) is 23.5 Å². The van der Waals surface area contributed by atoms with Gasteiger partial charge in [-0.15, -0.1) is 0 Å². The highest BCUT2D eigenvalue weighted by atomic mass is 16.5. The average Bonchev–Trinajstić information content (AvgIpc) is 3.13. The van der Waals surface area contributed by atoms with Gasteiger partial charge in [-0.2, -0.15) is 0 Å². The Morgan fingerprint density at radius 2 is 1.83 bits per heavy atom. The molecule has 2 heterocycles. The summed E-state index contributed by atoms with van der Waals surface area (Å²) in [5.74, 6) is -1.14. The fraction of sp³-hybridized carbons (Fsp3) is 0.316. The number of carbonyl (C=O) groups is 2. The van der Waals surface area contributed by atoms with E-state index in [0.29, 0.717) is 6.54 Å². The number of rotatable bonds is 6. The second kappa shape index (κ2) is 8.13. The lowest BCUT2D eigenvalue weighted by atomic mass is 10.2. The summed E-state index contributed by atoms with van der Waals surface area (Å²) in [6.07, 6.45) is 0.278. The van der Waals surface area contributed by atoms with Gasteiger partial charge < -0.3 is 14.6 Å². The van der Waals surface area contributed by atoms with E-state index in [1.54, 1.807) is 0 Å². The Kier molecular flexibility index (Phi) is 5.62. The van der Waals surface area contributed by atoms with Crippen LogP contribution >= 0.6 is 0 Å². The Bertz CT molecular complexity index is 1180. The van der Waals surface area contributed by atoms with E-state index in [9.17, 15) is 19.2 Å².